The minimum Gasteiger partial charge on any atom is -0.474 e. The molecule has 0 aliphatic heterocycles. The van der Waals surface area contributed by atoms with Crippen LogP contribution in [-0.2, 0) is 21.2 Å². The van der Waals surface area contributed by atoms with Gasteiger partial charge in [0.1, 0.15) is 0 Å². The fourth-order valence-corrected chi connectivity index (χ4v) is 4.40. The largest absolute Gasteiger partial charge is 0.474 e. The molecule has 10 heteroatoms. The summed E-state index contributed by atoms with van der Waals surface area (Å²) in [6.45, 7) is 7.32. The standard InChI is InChI=1S/C21H27N3O6S/c1-5-16-8-10-17(11-9-16)22-21(25)15(4)30-20-13-12-18(14-19(20)24(26)27)31(28,29)23(6-2)7-3/h8-15H,5-7H2,1-4H3,(H,22,25)/t15-/m1/s1. The maximum Gasteiger partial charge on any atom is 0.312 e. The number of nitro benzene ring substituents is 1. The van der Waals surface area contributed by atoms with E-state index < -0.39 is 32.6 Å². The van der Waals surface area contributed by atoms with Crippen molar-refractivity contribution >= 4 is 27.3 Å². The number of anilines is 1. The Hall–Kier alpha value is -2.98. The van der Waals surface area contributed by atoms with Gasteiger partial charge in [0, 0.05) is 24.8 Å². The molecule has 0 aromatic heterocycles. The Morgan fingerprint density at radius 2 is 1.74 bits per heavy atom. The van der Waals surface area contributed by atoms with E-state index in [1.165, 1.54) is 23.4 Å². The maximum atomic E-state index is 12.7. The summed E-state index contributed by atoms with van der Waals surface area (Å²) < 4.78 is 32.0. The van der Waals surface area contributed by atoms with Gasteiger partial charge in [0.25, 0.3) is 5.91 Å². The Balaban J connectivity index is 2.23. The number of hydrogen-bond acceptors (Lipinski definition) is 6. The van der Waals surface area contributed by atoms with E-state index >= 15 is 0 Å². The van der Waals surface area contributed by atoms with Crippen molar-refractivity contribution in [3.05, 3.63) is 58.1 Å². The number of amides is 1. The van der Waals surface area contributed by atoms with Gasteiger partial charge in [0.2, 0.25) is 10.0 Å². The highest BCUT2D eigenvalue weighted by atomic mass is 32.2. The molecule has 1 amide bonds. The SMILES string of the molecule is CCc1ccc(NC(=O)[C@@H](C)Oc2ccc(S(=O)(=O)N(CC)CC)cc2[N+](=O)[O-])cc1. The molecule has 31 heavy (non-hydrogen) atoms. The van der Waals surface area contributed by atoms with Gasteiger partial charge >= 0.3 is 5.69 Å². The summed E-state index contributed by atoms with van der Waals surface area (Å²) in [5.41, 5.74) is 1.17. The lowest BCUT2D eigenvalue weighted by molar-refractivity contribution is -0.386. The highest BCUT2D eigenvalue weighted by Gasteiger charge is 2.27. The van der Waals surface area contributed by atoms with Crippen LogP contribution < -0.4 is 10.1 Å². The van der Waals surface area contributed by atoms with Crippen LogP contribution in [0.5, 0.6) is 5.75 Å². The molecule has 0 saturated carbocycles. The Morgan fingerprint density at radius 3 is 2.26 bits per heavy atom. The zero-order valence-electron chi connectivity index (χ0n) is 18.0. The number of aryl methyl sites for hydroxylation is 1. The average molecular weight is 450 g/mol. The number of hydrogen-bond donors (Lipinski definition) is 1. The first kappa shape index (κ1) is 24.3. The predicted octanol–water partition coefficient (Wildman–Crippen LogP) is 3.59. The summed E-state index contributed by atoms with van der Waals surface area (Å²) in [4.78, 5) is 23.0. The molecule has 0 spiro atoms. The highest BCUT2D eigenvalue weighted by molar-refractivity contribution is 7.89. The number of sulfonamides is 1. The van der Waals surface area contributed by atoms with Gasteiger partial charge in [0.15, 0.2) is 11.9 Å². The zero-order chi connectivity index (χ0) is 23.2. The van der Waals surface area contributed by atoms with Crippen LogP contribution in [0, 0.1) is 10.1 Å². The van der Waals surface area contributed by atoms with E-state index in [-0.39, 0.29) is 23.7 Å². The quantitative estimate of drug-likeness (QED) is 0.437. The predicted molar refractivity (Wildman–Crippen MR) is 118 cm³/mol. The lowest BCUT2D eigenvalue weighted by Gasteiger charge is -2.19. The lowest BCUT2D eigenvalue weighted by atomic mass is 10.1. The van der Waals surface area contributed by atoms with Crippen LogP contribution in [0.15, 0.2) is 47.4 Å². The number of carbonyl (C=O) groups excluding carboxylic acids is 1. The van der Waals surface area contributed by atoms with E-state index in [1.807, 2.05) is 19.1 Å². The van der Waals surface area contributed by atoms with Crippen LogP contribution in [0.3, 0.4) is 0 Å². The molecule has 1 N–H and O–H groups in total. The molecule has 0 bridgehead atoms. The van der Waals surface area contributed by atoms with Gasteiger partial charge in [0.05, 0.1) is 9.82 Å². The van der Waals surface area contributed by atoms with Gasteiger partial charge in [-0.3, -0.25) is 14.9 Å². The molecule has 2 aromatic carbocycles. The summed E-state index contributed by atoms with van der Waals surface area (Å²) in [7, 11) is -3.87. The number of nitrogens with zero attached hydrogens (tertiary/aromatic N) is 2. The Kier molecular flexibility index (Phi) is 8.12. The van der Waals surface area contributed by atoms with E-state index in [9.17, 15) is 23.3 Å². The molecule has 0 saturated heterocycles. The Labute approximate surface area is 182 Å². The van der Waals surface area contributed by atoms with Crippen LogP contribution in [0.25, 0.3) is 0 Å². The van der Waals surface area contributed by atoms with E-state index in [4.69, 9.17) is 4.74 Å². The second kappa shape index (κ2) is 10.4. The molecule has 0 aliphatic carbocycles. The minimum atomic E-state index is -3.87. The zero-order valence-corrected chi connectivity index (χ0v) is 18.8. The first-order valence-corrected chi connectivity index (χ1v) is 11.4. The molecule has 0 radical (unpaired) electrons. The number of carbonyl (C=O) groups is 1. The molecule has 0 heterocycles. The normalized spacial score (nSPS) is 12.4. The van der Waals surface area contributed by atoms with E-state index in [2.05, 4.69) is 5.32 Å². The summed E-state index contributed by atoms with van der Waals surface area (Å²) in [5, 5.41) is 14.2. The van der Waals surface area contributed by atoms with Gasteiger partial charge < -0.3 is 10.1 Å². The molecule has 9 nitrogen and oxygen atoms in total. The van der Waals surface area contributed by atoms with Gasteiger partial charge in [-0.2, -0.15) is 4.31 Å². The van der Waals surface area contributed by atoms with Crippen molar-refractivity contribution in [1.82, 2.24) is 4.31 Å². The summed E-state index contributed by atoms with van der Waals surface area (Å²) in [6, 6.07) is 10.7. The molecule has 2 aromatic rings. The maximum absolute atomic E-state index is 12.7. The third-order valence-electron chi connectivity index (χ3n) is 4.77. The number of ether oxygens (including phenoxy) is 1. The van der Waals surface area contributed by atoms with Crippen molar-refractivity contribution in [3.63, 3.8) is 0 Å². The first-order chi connectivity index (χ1) is 14.6. The molecule has 2 rings (SSSR count). The van der Waals surface area contributed by atoms with Crippen molar-refractivity contribution < 1.29 is 22.9 Å². The van der Waals surface area contributed by atoms with Gasteiger partial charge in [-0.25, -0.2) is 8.42 Å². The summed E-state index contributed by atoms with van der Waals surface area (Å²) >= 11 is 0. The molecule has 0 fully saturated rings. The first-order valence-electron chi connectivity index (χ1n) is 9.99. The Bertz CT molecular complexity index is 1030. The van der Waals surface area contributed by atoms with Crippen molar-refractivity contribution in [2.24, 2.45) is 0 Å². The van der Waals surface area contributed by atoms with E-state index in [1.54, 1.807) is 26.0 Å². The van der Waals surface area contributed by atoms with Gasteiger partial charge in [-0.05, 0) is 43.2 Å². The molecule has 0 unspecified atom stereocenters. The fourth-order valence-electron chi connectivity index (χ4n) is 2.92. The fraction of sp³-hybridized carbons (Fsp3) is 0.381. The van der Waals surface area contributed by atoms with Crippen LogP contribution >= 0.6 is 0 Å². The second-order valence-corrected chi connectivity index (χ2v) is 8.71. The highest BCUT2D eigenvalue weighted by Crippen LogP contribution is 2.31. The van der Waals surface area contributed by atoms with Gasteiger partial charge in [-0.1, -0.05) is 32.9 Å². The number of rotatable bonds is 10. The molecular formula is C21H27N3O6S. The van der Waals surface area contributed by atoms with Crippen molar-refractivity contribution in [2.45, 2.75) is 45.1 Å². The minimum absolute atomic E-state index is 0.188. The van der Waals surface area contributed by atoms with Crippen molar-refractivity contribution in [1.29, 1.82) is 0 Å². The summed E-state index contributed by atoms with van der Waals surface area (Å²) in [6.07, 6.45) is -0.174. The molecular weight excluding hydrogens is 422 g/mol. The van der Waals surface area contributed by atoms with E-state index in [0.717, 1.165) is 18.1 Å². The second-order valence-electron chi connectivity index (χ2n) is 6.78. The monoisotopic (exact) mass is 449 g/mol. The third-order valence-corrected chi connectivity index (χ3v) is 6.82. The lowest BCUT2D eigenvalue weighted by Crippen LogP contribution is -2.31. The van der Waals surface area contributed by atoms with Crippen molar-refractivity contribution in [3.8, 4) is 5.75 Å². The van der Waals surface area contributed by atoms with Crippen molar-refractivity contribution in [2.75, 3.05) is 18.4 Å². The van der Waals surface area contributed by atoms with Crippen LogP contribution in [-0.4, -0.2) is 42.7 Å². The third kappa shape index (κ3) is 5.80. The average Bonchev–Trinajstić information content (AvgIpc) is 2.74. The van der Waals surface area contributed by atoms with Crippen LogP contribution in [0.1, 0.15) is 33.3 Å². The number of nitrogens with one attached hydrogen (secondary N) is 1. The Morgan fingerprint density at radius 1 is 1.13 bits per heavy atom. The van der Waals surface area contributed by atoms with E-state index in [0.29, 0.717) is 5.69 Å². The topological polar surface area (TPSA) is 119 Å². The van der Waals surface area contributed by atoms with Crippen LogP contribution in [0.4, 0.5) is 11.4 Å². The summed E-state index contributed by atoms with van der Waals surface area (Å²) in [5.74, 6) is -0.675. The number of nitro groups is 1. The van der Waals surface area contributed by atoms with Gasteiger partial charge in [-0.15, -0.1) is 0 Å². The molecule has 0 aliphatic rings. The molecule has 1 atom stereocenters. The smallest absolute Gasteiger partial charge is 0.312 e. The van der Waals surface area contributed by atoms with Crippen LogP contribution in [0.2, 0.25) is 0 Å². The molecule has 168 valence electrons. The number of benzene rings is 2.